The van der Waals surface area contributed by atoms with Crippen LogP contribution in [0.5, 0.6) is 0 Å². The lowest BCUT2D eigenvalue weighted by atomic mass is 10.1. The fraction of sp³-hybridized carbons (Fsp3) is 0.278. The second-order valence-electron chi connectivity index (χ2n) is 5.26. The van der Waals surface area contributed by atoms with Crippen molar-refractivity contribution in [2.45, 2.75) is 25.6 Å². The van der Waals surface area contributed by atoms with Gasteiger partial charge in [0.25, 0.3) is 0 Å². The lowest BCUT2D eigenvalue weighted by molar-refractivity contribution is -0.123. The first-order valence-electron chi connectivity index (χ1n) is 7.39. The Labute approximate surface area is 131 Å². The summed E-state index contributed by atoms with van der Waals surface area (Å²) in [6.45, 7) is 2.58. The summed E-state index contributed by atoms with van der Waals surface area (Å²) in [5, 5.41) is 2.93. The van der Waals surface area contributed by atoms with E-state index in [-0.39, 0.29) is 11.9 Å². The van der Waals surface area contributed by atoms with Crippen LogP contribution in [0.4, 0.5) is 0 Å². The molecule has 0 saturated carbocycles. The smallest absolute Gasteiger partial charge is 0.237 e. The second-order valence-corrected chi connectivity index (χ2v) is 5.26. The highest BCUT2D eigenvalue weighted by Crippen LogP contribution is 2.14. The summed E-state index contributed by atoms with van der Waals surface area (Å²) in [6, 6.07) is 19.0. The van der Waals surface area contributed by atoms with Crippen LogP contribution in [0.25, 0.3) is 0 Å². The van der Waals surface area contributed by atoms with Gasteiger partial charge in [-0.25, -0.2) is 0 Å². The molecule has 4 nitrogen and oxygen atoms in total. The van der Waals surface area contributed by atoms with Crippen LogP contribution in [-0.4, -0.2) is 18.6 Å². The van der Waals surface area contributed by atoms with Crippen molar-refractivity contribution in [1.82, 2.24) is 5.32 Å². The van der Waals surface area contributed by atoms with Gasteiger partial charge < -0.3 is 15.8 Å². The van der Waals surface area contributed by atoms with Gasteiger partial charge in [-0.3, -0.25) is 4.79 Å². The molecule has 116 valence electrons. The maximum atomic E-state index is 11.9. The van der Waals surface area contributed by atoms with Crippen LogP contribution in [0.3, 0.4) is 0 Å². The Morgan fingerprint density at radius 2 is 1.68 bits per heavy atom. The number of benzene rings is 2. The van der Waals surface area contributed by atoms with Crippen LogP contribution in [-0.2, 0) is 16.1 Å². The lowest BCUT2D eigenvalue weighted by Crippen LogP contribution is -2.41. The van der Waals surface area contributed by atoms with E-state index in [9.17, 15) is 4.79 Å². The molecule has 0 aromatic heterocycles. The molecule has 0 saturated heterocycles. The number of nitrogens with one attached hydrogen (secondary N) is 1. The molecule has 0 spiro atoms. The van der Waals surface area contributed by atoms with Gasteiger partial charge >= 0.3 is 0 Å². The lowest BCUT2D eigenvalue weighted by Gasteiger charge is -2.20. The Hall–Kier alpha value is -2.17. The van der Waals surface area contributed by atoms with E-state index in [4.69, 9.17) is 10.5 Å². The number of carbonyl (C=O) groups excluding carboxylic acids is 1. The Kier molecular flexibility index (Phi) is 6.13. The Balaban J connectivity index is 1.97. The molecule has 0 heterocycles. The molecule has 0 aliphatic heterocycles. The first-order valence-corrected chi connectivity index (χ1v) is 7.39. The third-order valence-corrected chi connectivity index (χ3v) is 3.33. The van der Waals surface area contributed by atoms with E-state index in [1.54, 1.807) is 6.92 Å². The summed E-state index contributed by atoms with van der Waals surface area (Å²) < 4.78 is 5.76. The average Bonchev–Trinajstić information content (AvgIpc) is 2.55. The minimum Gasteiger partial charge on any atom is -0.374 e. The maximum Gasteiger partial charge on any atom is 0.237 e. The maximum absolute atomic E-state index is 11.9. The molecule has 0 aliphatic carbocycles. The summed E-state index contributed by atoms with van der Waals surface area (Å²) >= 11 is 0. The van der Waals surface area contributed by atoms with Crippen molar-refractivity contribution in [3.8, 4) is 0 Å². The molecule has 0 radical (unpaired) electrons. The van der Waals surface area contributed by atoms with E-state index in [1.165, 1.54) is 0 Å². The molecule has 2 atom stereocenters. The Morgan fingerprint density at radius 3 is 2.27 bits per heavy atom. The SMILES string of the molecule is C[C@@H](N)C(=O)NC(COCc1ccccc1)c1ccccc1. The van der Waals surface area contributed by atoms with Crippen molar-refractivity contribution in [3.05, 3.63) is 71.8 Å². The minimum absolute atomic E-state index is 0.183. The topological polar surface area (TPSA) is 64.4 Å². The number of amides is 1. The normalized spacial score (nSPS) is 13.4. The molecule has 2 aromatic rings. The highest BCUT2D eigenvalue weighted by molar-refractivity contribution is 5.81. The number of nitrogens with two attached hydrogens (primary N) is 1. The number of hydrogen-bond acceptors (Lipinski definition) is 3. The van der Waals surface area contributed by atoms with Gasteiger partial charge in [0.1, 0.15) is 0 Å². The van der Waals surface area contributed by atoms with Gasteiger partial charge in [0, 0.05) is 0 Å². The quantitative estimate of drug-likeness (QED) is 0.825. The van der Waals surface area contributed by atoms with Crippen LogP contribution in [0.1, 0.15) is 24.1 Å². The van der Waals surface area contributed by atoms with E-state index in [0.29, 0.717) is 13.2 Å². The van der Waals surface area contributed by atoms with E-state index in [1.807, 2.05) is 60.7 Å². The van der Waals surface area contributed by atoms with E-state index < -0.39 is 6.04 Å². The molecule has 2 rings (SSSR count). The number of rotatable bonds is 7. The third-order valence-electron chi connectivity index (χ3n) is 3.33. The van der Waals surface area contributed by atoms with Gasteiger partial charge in [-0.1, -0.05) is 60.7 Å². The van der Waals surface area contributed by atoms with Crippen LogP contribution < -0.4 is 11.1 Å². The molecule has 2 aromatic carbocycles. The molecule has 1 amide bonds. The highest BCUT2D eigenvalue weighted by Gasteiger charge is 2.16. The summed E-state index contributed by atoms with van der Waals surface area (Å²) in [5.74, 6) is -0.183. The van der Waals surface area contributed by atoms with Gasteiger partial charge in [-0.05, 0) is 18.1 Å². The van der Waals surface area contributed by atoms with Crippen molar-refractivity contribution in [3.63, 3.8) is 0 Å². The molecule has 22 heavy (non-hydrogen) atoms. The summed E-state index contributed by atoms with van der Waals surface area (Å²) in [6.07, 6.45) is 0. The van der Waals surface area contributed by atoms with Crippen molar-refractivity contribution >= 4 is 5.91 Å². The number of ether oxygens (including phenoxy) is 1. The minimum atomic E-state index is -0.541. The molecule has 0 fully saturated rings. The fourth-order valence-electron chi connectivity index (χ4n) is 2.08. The monoisotopic (exact) mass is 298 g/mol. The Morgan fingerprint density at radius 1 is 1.09 bits per heavy atom. The molecule has 1 unspecified atom stereocenters. The van der Waals surface area contributed by atoms with Crippen LogP contribution in [0, 0.1) is 0 Å². The summed E-state index contributed by atoms with van der Waals surface area (Å²) in [4.78, 5) is 11.9. The molecule has 0 aliphatic rings. The predicted octanol–water partition coefficient (Wildman–Crippen LogP) is 2.41. The standard InChI is InChI=1S/C18H22N2O2/c1-14(19)18(21)20-17(16-10-6-3-7-11-16)13-22-12-15-8-4-2-5-9-15/h2-11,14,17H,12-13,19H2,1H3,(H,20,21)/t14-,17?/m1/s1. The number of hydrogen-bond donors (Lipinski definition) is 2. The average molecular weight is 298 g/mol. The van der Waals surface area contributed by atoms with Gasteiger partial charge in [-0.15, -0.1) is 0 Å². The molecule has 4 heteroatoms. The zero-order valence-corrected chi connectivity index (χ0v) is 12.7. The molecule has 3 N–H and O–H groups in total. The Bertz CT molecular complexity index is 570. The molecule has 0 bridgehead atoms. The van der Waals surface area contributed by atoms with Gasteiger partial charge in [0.2, 0.25) is 5.91 Å². The van der Waals surface area contributed by atoms with Gasteiger partial charge in [0.05, 0.1) is 25.3 Å². The summed E-state index contributed by atoms with van der Waals surface area (Å²) in [7, 11) is 0. The zero-order chi connectivity index (χ0) is 15.8. The largest absolute Gasteiger partial charge is 0.374 e. The second kappa shape index (κ2) is 8.32. The van der Waals surface area contributed by atoms with Crippen LogP contribution >= 0.6 is 0 Å². The van der Waals surface area contributed by atoms with Crippen LogP contribution in [0.15, 0.2) is 60.7 Å². The van der Waals surface area contributed by atoms with Crippen LogP contribution in [0.2, 0.25) is 0 Å². The van der Waals surface area contributed by atoms with Crippen molar-refractivity contribution < 1.29 is 9.53 Å². The predicted molar refractivity (Wildman–Crippen MR) is 87.1 cm³/mol. The first kappa shape index (κ1) is 16.2. The first-order chi connectivity index (χ1) is 10.7. The van der Waals surface area contributed by atoms with E-state index in [0.717, 1.165) is 11.1 Å². The van der Waals surface area contributed by atoms with E-state index >= 15 is 0 Å². The zero-order valence-electron chi connectivity index (χ0n) is 12.7. The fourth-order valence-corrected chi connectivity index (χ4v) is 2.08. The number of carbonyl (C=O) groups is 1. The van der Waals surface area contributed by atoms with Crippen molar-refractivity contribution in [1.29, 1.82) is 0 Å². The van der Waals surface area contributed by atoms with Gasteiger partial charge in [0.15, 0.2) is 0 Å². The third kappa shape index (κ3) is 4.98. The van der Waals surface area contributed by atoms with E-state index in [2.05, 4.69) is 5.32 Å². The van der Waals surface area contributed by atoms with Crippen molar-refractivity contribution in [2.75, 3.05) is 6.61 Å². The molecular formula is C18H22N2O2. The molecular weight excluding hydrogens is 276 g/mol. The summed E-state index contributed by atoms with van der Waals surface area (Å²) in [5.41, 5.74) is 7.74. The highest BCUT2D eigenvalue weighted by atomic mass is 16.5. The van der Waals surface area contributed by atoms with Gasteiger partial charge in [-0.2, -0.15) is 0 Å². The van der Waals surface area contributed by atoms with Crippen molar-refractivity contribution in [2.24, 2.45) is 5.73 Å².